The van der Waals surface area contributed by atoms with Crippen LogP contribution in [0.15, 0.2) is 85.3 Å². The summed E-state index contributed by atoms with van der Waals surface area (Å²) >= 11 is 0. The highest BCUT2D eigenvalue weighted by molar-refractivity contribution is 5.73. The van der Waals surface area contributed by atoms with E-state index in [2.05, 4.69) is 139 Å². The lowest BCUT2D eigenvalue weighted by Gasteiger charge is -2.50. The lowest BCUT2D eigenvalue weighted by atomic mass is 9.60. The van der Waals surface area contributed by atoms with Gasteiger partial charge in [0.05, 0.1) is 11.8 Å². The molecule has 0 spiro atoms. The van der Waals surface area contributed by atoms with Gasteiger partial charge >= 0.3 is 0 Å². The number of pyridine rings is 1. The molecule has 214 valence electrons. The molecule has 1 aromatic heterocycles. The SMILES string of the molecule is Cc1cc(C)c(N2C=CN(c3c(C)cc(C)cc3C)C2C(C)(C#N)C(C)(C)c2ccccc2-c2ccccn2)c(C)c1. The smallest absolute Gasteiger partial charge is 0.129 e. The van der Waals surface area contributed by atoms with Gasteiger partial charge in [0.2, 0.25) is 0 Å². The van der Waals surface area contributed by atoms with E-state index in [-0.39, 0.29) is 6.17 Å². The number of aryl methyl sites for hydroxylation is 6. The van der Waals surface area contributed by atoms with Crippen LogP contribution >= 0.6 is 0 Å². The fraction of sp³-hybridized carbons (Fsp3) is 0.316. The third kappa shape index (κ3) is 4.68. The predicted molar refractivity (Wildman–Crippen MR) is 176 cm³/mol. The lowest BCUT2D eigenvalue weighted by Crippen LogP contribution is -2.58. The second-order valence-electron chi connectivity index (χ2n) is 12.7. The summed E-state index contributed by atoms with van der Waals surface area (Å²) in [6.45, 7) is 19.6. The monoisotopic (exact) mass is 554 g/mol. The molecule has 2 heterocycles. The van der Waals surface area contributed by atoms with E-state index in [1.807, 2.05) is 24.4 Å². The summed E-state index contributed by atoms with van der Waals surface area (Å²) in [5, 5.41) is 11.4. The van der Waals surface area contributed by atoms with E-state index < -0.39 is 10.8 Å². The Morgan fingerprint density at radius 3 is 1.62 bits per heavy atom. The van der Waals surface area contributed by atoms with Crippen molar-refractivity contribution in [3.8, 4) is 17.3 Å². The Morgan fingerprint density at radius 2 is 1.17 bits per heavy atom. The normalized spacial score (nSPS) is 15.1. The average Bonchev–Trinajstić information content (AvgIpc) is 3.36. The zero-order valence-electron chi connectivity index (χ0n) is 26.4. The van der Waals surface area contributed by atoms with Gasteiger partial charge in [-0.25, -0.2) is 0 Å². The molecule has 1 aliphatic rings. The zero-order chi connectivity index (χ0) is 30.4. The van der Waals surface area contributed by atoms with E-state index >= 15 is 0 Å². The minimum absolute atomic E-state index is 0.311. The number of nitriles is 1. The molecule has 0 N–H and O–H groups in total. The largest absolute Gasteiger partial charge is 0.323 e. The number of hydrogen-bond acceptors (Lipinski definition) is 4. The Balaban J connectivity index is 1.77. The van der Waals surface area contributed by atoms with Crippen LogP contribution in [-0.2, 0) is 5.41 Å². The molecule has 1 atom stereocenters. The first-order valence-electron chi connectivity index (χ1n) is 14.7. The van der Waals surface area contributed by atoms with Crippen molar-refractivity contribution < 1.29 is 0 Å². The Labute approximate surface area is 252 Å². The number of nitrogens with zero attached hydrogens (tertiary/aromatic N) is 4. The van der Waals surface area contributed by atoms with Gasteiger partial charge in [-0.05, 0) is 88.4 Å². The average molecular weight is 555 g/mol. The summed E-state index contributed by atoms with van der Waals surface area (Å²) in [6, 6.07) is 26.3. The second-order valence-corrected chi connectivity index (χ2v) is 12.7. The highest BCUT2D eigenvalue weighted by Gasteiger charge is 2.55. The Bertz CT molecular complexity index is 1600. The van der Waals surface area contributed by atoms with E-state index in [9.17, 15) is 5.26 Å². The van der Waals surface area contributed by atoms with Gasteiger partial charge in [0.1, 0.15) is 11.6 Å². The molecule has 42 heavy (non-hydrogen) atoms. The van der Waals surface area contributed by atoms with Crippen LogP contribution in [0, 0.1) is 58.3 Å². The standard InChI is InChI=1S/C38H42N4/c1-25-20-27(3)34(28(4)21-25)41-18-19-42(35-29(5)22-26(2)23-30(35)6)36(41)38(9,24-39)37(7,8)32-15-11-10-14-31(32)33-16-12-13-17-40-33/h10-23,36H,1-9H3. The number of benzene rings is 3. The predicted octanol–water partition coefficient (Wildman–Crippen LogP) is 9.23. The van der Waals surface area contributed by atoms with Crippen LogP contribution in [0.3, 0.4) is 0 Å². The molecule has 0 amide bonds. The molecule has 0 radical (unpaired) electrons. The number of hydrogen-bond donors (Lipinski definition) is 0. The molecule has 1 unspecified atom stereocenters. The summed E-state index contributed by atoms with van der Waals surface area (Å²) in [7, 11) is 0. The summed E-state index contributed by atoms with van der Waals surface area (Å²) in [5.74, 6) is 0. The fourth-order valence-corrected chi connectivity index (χ4v) is 7.12. The fourth-order valence-electron chi connectivity index (χ4n) is 7.12. The van der Waals surface area contributed by atoms with Gasteiger partial charge in [0.25, 0.3) is 0 Å². The number of rotatable bonds is 6. The molecular weight excluding hydrogens is 512 g/mol. The zero-order valence-corrected chi connectivity index (χ0v) is 26.4. The Kier molecular flexibility index (Phi) is 7.50. The van der Waals surface area contributed by atoms with Crippen LogP contribution in [0.2, 0.25) is 0 Å². The second kappa shape index (κ2) is 10.8. The maximum absolute atomic E-state index is 11.4. The van der Waals surface area contributed by atoms with Crippen molar-refractivity contribution >= 4 is 11.4 Å². The Hall–Kier alpha value is -4.36. The lowest BCUT2D eigenvalue weighted by molar-refractivity contribution is 0.204. The van der Waals surface area contributed by atoms with Gasteiger partial charge in [-0.3, -0.25) is 4.98 Å². The van der Waals surface area contributed by atoms with Gasteiger partial charge in [-0.15, -0.1) is 0 Å². The highest BCUT2D eigenvalue weighted by Crippen LogP contribution is 2.52. The minimum Gasteiger partial charge on any atom is -0.323 e. The number of anilines is 2. The van der Waals surface area contributed by atoms with E-state index in [0.717, 1.165) is 28.2 Å². The molecule has 4 heteroatoms. The van der Waals surface area contributed by atoms with Crippen molar-refractivity contribution in [1.82, 2.24) is 4.98 Å². The van der Waals surface area contributed by atoms with Crippen molar-refractivity contribution in [3.63, 3.8) is 0 Å². The van der Waals surface area contributed by atoms with Crippen LogP contribution in [-0.4, -0.2) is 11.1 Å². The van der Waals surface area contributed by atoms with Crippen LogP contribution in [0.4, 0.5) is 11.4 Å². The van der Waals surface area contributed by atoms with E-state index in [0.29, 0.717) is 0 Å². The molecule has 0 saturated carbocycles. The molecule has 4 aromatic rings. The van der Waals surface area contributed by atoms with Gasteiger partial charge in [0.15, 0.2) is 0 Å². The maximum Gasteiger partial charge on any atom is 0.129 e. The van der Waals surface area contributed by atoms with Crippen LogP contribution in [0.25, 0.3) is 11.3 Å². The molecule has 0 fully saturated rings. The molecule has 5 rings (SSSR count). The molecule has 4 nitrogen and oxygen atoms in total. The van der Waals surface area contributed by atoms with Crippen molar-refractivity contribution in [2.45, 2.75) is 73.9 Å². The Morgan fingerprint density at radius 1 is 0.690 bits per heavy atom. The quantitative estimate of drug-likeness (QED) is 0.238. The molecule has 0 saturated heterocycles. The van der Waals surface area contributed by atoms with E-state index in [1.165, 1.54) is 33.4 Å². The molecule has 0 aliphatic carbocycles. The van der Waals surface area contributed by atoms with Gasteiger partial charge in [-0.2, -0.15) is 5.26 Å². The molecule has 3 aromatic carbocycles. The van der Waals surface area contributed by atoms with Crippen LogP contribution in [0.1, 0.15) is 59.7 Å². The third-order valence-electron chi connectivity index (χ3n) is 9.29. The number of aromatic nitrogens is 1. The summed E-state index contributed by atoms with van der Waals surface area (Å²) in [4.78, 5) is 9.39. The van der Waals surface area contributed by atoms with Gasteiger partial charge in [-0.1, -0.05) is 79.6 Å². The van der Waals surface area contributed by atoms with Gasteiger partial charge < -0.3 is 9.80 Å². The van der Waals surface area contributed by atoms with Crippen molar-refractivity contribution in [3.05, 3.63) is 124 Å². The summed E-state index contributed by atoms with van der Waals surface area (Å²) < 4.78 is 0. The van der Waals surface area contributed by atoms with Gasteiger partial charge in [0, 0.05) is 40.9 Å². The van der Waals surface area contributed by atoms with E-state index in [1.54, 1.807) is 0 Å². The van der Waals surface area contributed by atoms with E-state index in [4.69, 9.17) is 4.98 Å². The topological polar surface area (TPSA) is 43.2 Å². The first-order chi connectivity index (χ1) is 19.9. The first kappa shape index (κ1) is 29.1. The third-order valence-corrected chi connectivity index (χ3v) is 9.29. The highest BCUT2D eigenvalue weighted by atomic mass is 15.4. The van der Waals surface area contributed by atoms with Crippen molar-refractivity contribution in [2.24, 2.45) is 5.41 Å². The minimum atomic E-state index is -0.880. The van der Waals surface area contributed by atoms with Crippen molar-refractivity contribution in [2.75, 3.05) is 9.80 Å². The summed E-state index contributed by atoms with van der Waals surface area (Å²) in [5.41, 5.74) is 11.2. The maximum atomic E-state index is 11.4. The summed E-state index contributed by atoms with van der Waals surface area (Å²) in [6.07, 6.45) is 5.86. The molecule has 1 aliphatic heterocycles. The van der Waals surface area contributed by atoms with Crippen molar-refractivity contribution in [1.29, 1.82) is 5.26 Å². The molecule has 0 bridgehead atoms. The first-order valence-corrected chi connectivity index (χ1v) is 14.7. The molecular formula is C38H42N4. The van der Waals surface area contributed by atoms with Crippen LogP contribution < -0.4 is 9.80 Å². The van der Waals surface area contributed by atoms with Crippen LogP contribution in [0.5, 0.6) is 0 Å².